The Balaban J connectivity index is 2.13. The number of hydrogen-bond acceptors (Lipinski definition) is 2. The minimum Gasteiger partial charge on any atom is -0.277 e. The van der Waals surface area contributed by atoms with Crippen molar-refractivity contribution in [3.63, 3.8) is 0 Å². The van der Waals surface area contributed by atoms with Gasteiger partial charge in [0.1, 0.15) is 0 Å². The summed E-state index contributed by atoms with van der Waals surface area (Å²) in [6.45, 7) is 2.20. The van der Waals surface area contributed by atoms with E-state index in [4.69, 9.17) is 46.4 Å². The van der Waals surface area contributed by atoms with Crippen LogP contribution >= 0.6 is 46.4 Å². The summed E-state index contributed by atoms with van der Waals surface area (Å²) < 4.78 is 0. The van der Waals surface area contributed by atoms with Gasteiger partial charge in [0.05, 0.1) is 26.5 Å². The molecular weight excluding hydrogens is 422 g/mol. The van der Waals surface area contributed by atoms with Crippen LogP contribution in [-0.2, 0) is 0 Å². The Kier molecular flexibility index (Phi) is 9.50. The topological polar surface area (TPSA) is 24.4 Å². The van der Waals surface area contributed by atoms with E-state index in [1.54, 1.807) is 18.2 Å². The summed E-state index contributed by atoms with van der Waals surface area (Å²) in [5.41, 5.74) is 5.66. The van der Waals surface area contributed by atoms with E-state index in [2.05, 4.69) is 17.5 Å². The molecule has 27 heavy (non-hydrogen) atoms. The van der Waals surface area contributed by atoms with Gasteiger partial charge in [0.15, 0.2) is 0 Å². The average molecular weight is 444 g/mol. The van der Waals surface area contributed by atoms with E-state index in [9.17, 15) is 0 Å². The van der Waals surface area contributed by atoms with E-state index in [1.165, 1.54) is 19.3 Å². The van der Waals surface area contributed by atoms with Crippen molar-refractivity contribution in [2.24, 2.45) is 5.10 Å². The number of nitrogens with zero attached hydrogens (tertiary/aromatic N) is 1. The Morgan fingerprint density at radius 1 is 0.926 bits per heavy atom. The molecule has 6 heteroatoms. The number of hydrazone groups is 1. The first-order valence-corrected chi connectivity index (χ1v) is 10.4. The van der Waals surface area contributed by atoms with Crippen molar-refractivity contribution >= 4 is 63.9 Å². The minimum atomic E-state index is 0.532. The van der Waals surface area contributed by atoms with Crippen molar-refractivity contribution in [3.8, 4) is 0 Å². The molecule has 2 aromatic rings. The predicted octanol–water partition coefficient (Wildman–Crippen LogP) is 8.75. The lowest BCUT2D eigenvalue weighted by molar-refractivity contribution is 0.683. The second kappa shape index (κ2) is 11.6. The van der Waals surface area contributed by atoms with Gasteiger partial charge in [0.25, 0.3) is 0 Å². The third-order valence-electron chi connectivity index (χ3n) is 3.95. The molecule has 0 spiro atoms. The Morgan fingerprint density at radius 3 is 2.44 bits per heavy atom. The molecule has 2 rings (SSSR count). The molecule has 0 bridgehead atoms. The standard InChI is InChI=1S/C21H22Cl4N2/c1-2-3-4-5-6-17(10-7-15-8-11-18(23)19(24)13-15)26-27-21-12-9-16(22)14-20(21)25/h7-14,27H,2-6H2,1H3/b10-7+,26-17?. The molecule has 0 fully saturated rings. The number of anilines is 1. The highest BCUT2D eigenvalue weighted by molar-refractivity contribution is 6.42. The number of hydrogen-bond donors (Lipinski definition) is 1. The molecule has 2 nitrogen and oxygen atoms in total. The normalized spacial score (nSPS) is 12.0. The zero-order chi connectivity index (χ0) is 19.6. The summed E-state index contributed by atoms with van der Waals surface area (Å²) in [6.07, 6.45) is 9.51. The fourth-order valence-electron chi connectivity index (χ4n) is 2.43. The molecule has 0 aliphatic carbocycles. The van der Waals surface area contributed by atoms with Crippen molar-refractivity contribution in [1.29, 1.82) is 0 Å². The van der Waals surface area contributed by atoms with E-state index in [1.807, 2.05) is 30.4 Å². The zero-order valence-corrected chi connectivity index (χ0v) is 18.1. The molecule has 0 aromatic heterocycles. The van der Waals surface area contributed by atoms with Gasteiger partial charge in [-0.05, 0) is 54.8 Å². The summed E-state index contributed by atoms with van der Waals surface area (Å²) >= 11 is 24.2. The molecular formula is C21H22Cl4N2. The minimum absolute atomic E-state index is 0.532. The van der Waals surface area contributed by atoms with Crippen LogP contribution in [-0.4, -0.2) is 5.71 Å². The summed E-state index contributed by atoms with van der Waals surface area (Å²) in [4.78, 5) is 0. The molecule has 0 saturated carbocycles. The maximum Gasteiger partial charge on any atom is 0.0749 e. The Bertz CT molecular complexity index is 816. The molecule has 1 N–H and O–H groups in total. The lowest BCUT2D eigenvalue weighted by Crippen LogP contribution is -2.00. The summed E-state index contributed by atoms with van der Waals surface area (Å²) in [7, 11) is 0. The van der Waals surface area contributed by atoms with Gasteiger partial charge >= 0.3 is 0 Å². The number of allylic oxidation sites excluding steroid dienone is 1. The third-order valence-corrected chi connectivity index (χ3v) is 5.24. The number of unbranched alkanes of at least 4 members (excludes halogenated alkanes) is 3. The van der Waals surface area contributed by atoms with Crippen LogP contribution in [0.2, 0.25) is 20.1 Å². The summed E-state index contributed by atoms with van der Waals surface area (Å²) in [6, 6.07) is 10.8. The smallest absolute Gasteiger partial charge is 0.0749 e. The summed E-state index contributed by atoms with van der Waals surface area (Å²) in [5.74, 6) is 0. The predicted molar refractivity (Wildman–Crippen MR) is 122 cm³/mol. The first-order valence-electron chi connectivity index (χ1n) is 8.90. The Labute approximate surface area is 181 Å². The van der Waals surface area contributed by atoms with Gasteiger partial charge in [-0.2, -0.15) is 5.10 Å². The van der Waals surface area contributed by atoms with Crippen molar-refractivity contribution in [2.45, 2.75) is 39.0 Å². The van der Waals surface area contributed by atoms with Crippen LogP contribution in [0, 0.1) is 0 Å². The van der Waals surface area contributed by atoms with Crippen LogP contribution in [0.25, 0.3) is 6.08 Å². The Hall–Kier alpha value is -1.19. The molecule has 0 atom stereocenters. The van der Waals surface area contributed by atoms with Crippen LogP contribution in [0.15, 0.2) is 47.6 Å². The first kappa shape index (κ1) is 22.1. The average Bonchev–Trinajstić information content (AvgIpc) is 2.64. The van der Waals surface area contributed by atoms with Crippen LogP contribution in [0.1, 0.15) is 44.6 Å². The van der Waals surface area contributed by atoms with Crippen molar-refractivity contribution < 1.29 is 0 Å². The van der Waals surface area contributed by atoms with Crippen LogP contribution in [0.3, 0.4) is 0 Å². The van der Waals surface area contributed by atoms with Crippen molar-refractivity contribution in [1.82, 2.24) is 0 Å². The molecule has 2 aromatic carbocycles. The second-order valence-electron chi connectivity index (χ2n) is 6.16. The van der Waals surface area contributed by atoms with E-state index in [-0.39, 0.29) is 0 Å². The van der Waals surface area contributed by atoms with Gasteiger partial charge in [-0.3, -0.25) is 5.43 Å². The van der Waals surface area contributed by atoms with E-state index >= 15 is 0 Å². The fourth-order valence-corrected chi connectivity index (χ4v) is 3.19. The van der Waals surface area contributed by atoms with Crippen LogP contribution in [0.4, 0.5) is 5.69 Å². The molecule has 0 heterocycles. The second-order valence-corrected chi connectivity index (χ2v) is 7.81. The first-order chi connectivity index (χ1) is 13.0. The number of rotatable bonds is 9. The molecule has 0 amide bonds. The van der Waals surface area contributed by atoms with Gasteiger partial charge in [0.2, 0.25) is 0 Å². The number of halogens is 4. The highest BCUT2D eigenvalue weighted by Crippen LogP contribution is 2.26. The molecule has 0 aliphatic rings. The molecule has 0 saturated heterocycles. The largest absolute Gasteiger partial charge is 0.277 e. The highest BCUT2D eigenvalue weighted by atomic mass is 35.5. The van der Waals surface area contributed by atoms with Gasteiger partial charge in [0, 0.05) is 5.02 Å². The lowest BCUT2D eigenvalue weighted by Gasteiger charge is -2.07. The van der Waals surface area contributed by atoms with Crippen LogP contribution < -0.4 is 5.43 Å². The van der Waals surface area contributed by atoms with Crippen LogP contribution in [0.5, 0.6) is 0 Å². The third kappa shape index (κ3) is 7.75. The molecule has 0 radical (unpaired) electrons. The fraction of sp³-hybridized carbons (Fsp3) is 0.286. The molecule has 0 unspecified atom stereocenters. The van der Waals surface area contributed by atoms with E-state index in [0.29, 0.717) is 20.1 Å². The van der Waals surface area contributed by atoms with E-state index in [0.717, 1.165) is 29.8 Å². The number of nitrogens with one attached hydrogen (secondary N) is 1. The van der Waals surface area contributed by atoms with E-state index < -0.39 is 0 Å². The quantitative estimate of drug-likeness (QED) is 0.233. The van der Waals surface area contributed by atoms with Gasteiger partial charge in [-0.15, -0.1) is 0 Å². The monoisotopic (exact) mass is 442 g/mol. The van der Waals surface area contributed by atoms with Gasteiger partial charge < -0.3 is 0 Å². The number of benzene rings is 2. The van der Waals surface area contributed by atoms with Gasteiger partial charge in [-0.25, -0.2) is 0 Å². The lowest BCUT2D eigenvalue weighted by atomic mass is 10.1. The Morgan fingerprint density at radius 2 is 1.74 bits per heavy atom. The molecule has 144 valence electrons. The van der Waals surface area contributed by atoms with Gasteiger partial charge in [-0.1, -0.05) is 84.7 Å². The van der Waals surface area contributed by atoms with Crippen molar-refractivity contribution in [3.05, 3.63) is 68.1 Å². The maximum absolute atomic E-state index is 6.20. The molecule has 0 aliphatic heterocycles. The van der Waals surface area contributed by atoms with Crippen molar-refractivity contribution in [2.75, 3.05) is 5.43 Å². The SMILES string of the molecule is CCCCCCC(/C=C/c1ccc(Cl)c(Cl)c1)=NNc1ccc(Cl)cc1Cl. The maximum atomic E-state index is 6.20. The zero-order valence-electron chi connectivity index (χ0n) is 15.1. The highest BCUT2D eigenvalue weighted by Gasteiger charge is 2.02. The summed E-state index contributed by atoms with van der Waals surface area (Å²) in [5, 5.41) is 6.73.